The Bertz CT molecular complexity index is 943. The van der Waals surface area contributed by atoms with Gasteiger partial charge in [-0.15, -0.1) is 0 Å². The van der Waals surface area contributed by atoms with Crippen molar-refractivity contribution in [3.8, 4) is 5.69 Å². The Kier molecular flexibility index (Phi) is 4.43. The lowest BCUT2D eigenvalue weighted by atomic mass is 10.1. The Morgan fingerprint density at radius 1 is 1.11 bits per heavy atom. The lowest BCUT2D eigenvalue weighted by Gasteiger charge is -2.18. The fourth-order valence-corrected chi connectivity index (χ4v) is 3.61. The molecule has 7 nitrogen and oxygen atoms in total. The van der Waals surface area contributed by atoms with Gasteiger partial charge in [-0.2, -0.15) is 10.2 Å². The number of aryl methyl sites for hydroxylation is 1. The molecule has 3 heterocycles. The van der Waals surface area contributed by atoms with Gasteiger partial charge in [-0.3, -0.25) is 9.48 Å². The van der Waals surface area contributed by atoms with Crippen molar-refractivity contribution in [2.45, 2.75) is 32.2 Å². The van der Waals surface area contributed by atoms with Crippen LogP contribution in [0.15, 0.2) is 48.9 Å². The summed E-state index contributed by atoms with van der Waals surface area (Å²) in [5.74, 6) is 0.339. The first kappa shape index (κ1) is 17.3. The third-order valence-electron chi connectivity index (χ3n) is 4.89. The van der Waals surface area contributed by atoms with Gasteiger partial charge in [0.2, 0.25) is 5.91 Å². The Hall–Kier alpha value is -3.09. The molecule has 140 valence electrons. The molecule has 4 rings (SSSR count). The molecular formula is C20H24N6O. The lowest BCUT2D eigenvalue weighted by Crippen LogP contribution is -2.33. The largest absolute Gasteiger partial charge is 0.371 e. The summed E-state index contributed by atoms with van der Waals surface area (Å²) in [6.07, 6.45) is 6.17. The first-order valence-electron chi connectivity index (χ1n) is 9.24. The topological polar surface area (TPSA) is 68.0 Å². The molecule has 27 heavy (non-hydrogen) atoms. The predicted molar refractivity (Wildman–Crippen MR) is 105 cm³/mol. The summed E-state index contributed by atoms with van der Waals surface area (Å²) in [6.45, 7) is 4.96. The van der Waals surface area contributed by atoms with Crippen molar-refractivity contribution in [3.05, 3.63) is 54.6 Å². The Morgan fingerprint density at radius 3 is 2.56 bits per heavy atom. The number of para-hydroxylation sites is 1. The SMILES string of the molecule is CC(C)c1c(NC2CCN(c3cnn(C)c3)C2=O)cnn1-c1ccccc1. The van der Waals surface area contributed by atoms with Gasteiger partial charge in [-0.25, -0.2) is 4.68 Å². The molecule has 0 radical (unpaired) electrons. The number of benzene rings is 1. The molecule has 0 bridgehead atoms. The zero-order valence-corrected chi connectivity index (χ0v) is 15.8. The number of aromatic nitrogens is 4. The van der Waals surface area contributed by atoms with E-state index in [0.717, 1.165) is 29.2 Å². The minimum atomic E-state index is -0.254. The standard InChI is InChI=1S/C20H24N6O/c1-14(2)19-18(12-22-26(19)15-7-5-4-6-8-15)23-17-9-10-25(20(17)27)16-11-21-24(3)13-16/h4-8,11-14,17,23H,9-10H2,1-3H3. The second kappa shape index (κ2) is 6.90. The van der Waals surface area contributed by atoms with Gasteiger partial charge in [0.05, 0.1) is 35.1 Å². The number of nitrogens with zero attached hydrogens (tertiary/aromatic N) is 5. The average molecular weight is 364 g/mol. The van der Waals surface area contributed by atoms with E-state index in [-0.39, 0.29) is 17.9 Å². The molecule has 1 aliphatic rings. The van der Waals surface area contributed by atoms with Gasteiger partial charge in [-0.05, 0) is 24.5 Å². The Labute approximate surface area is 158 Å². The van der Waals surface area contributed by atoms with E-state index in [1.54, 1.807) is 15.8 Å². The van der Waals surface area contributed by atoms with Gasteiger partial charge >= 0.3 is 0 Å². The van der Waals surface area contributed by atoms with E-state index in [2.05, 4.69) is 29.4 Å². The number of amides is 1. The molecule has 1 aliphatic heterocycles. The summed E-state index contributed by atoms with van der Waals surface area (Å²) in [5.41, 5.74) is 3.86. The Balaban J connectivity index is 1.58. The van der Waals surface area contributed by atoms with Gasteiger partial charge in [-0.1, -0.05) is 32.0 Å². The minimum absolute atomic E-state index is 0.0742. The van der Waals surface area contributed by atoms with Crippen LogP contribution in [-0.2, 0) is 11.8 Å². The Morgan fingerprint density at radius 2 is 1.89 bits per heavy atom. The fraction of sp³-hybridized carbons (Fsp3) is 0.350. The molecule has 1 fully saturated rings. The minimum Gasteiger partial charge on any atom is -0.371 e. The van der Waals surface area contributed by atoms with Crippen molar-refractivity contribution in [2.75, 3.05) is 16.8 Å². The highest BCUT2D eigenvalue weighted by atomic mass is 16.2. The maximum absolute atomic E-state index is 12.9. The maximum atomic E-state index is 12.9. The highest BCUT2D eigenvalue weighted by molar-refractivity contribution is 6.00. The van der Waals surface area contributed by atoms with Gasteiger partial charge < -0.3 is 10.2 Å². The van der Waals surface area contributed by atoms with Crippen LogP contribution in [0, 0.1) is 0 Å². The van der Waals surface area contributed by atoms with Gasteiger partial charge in [0, 0.05) is 19.8 Å². The highest BCUT2D eigenvalue weighted by Crippen LogP contribution is 2.29. The van der Waals surface area contributed by atoms with Crippen molar-refractivity contribution < 1.29 is 4.79 Å². The summed E-state index contributed by atoms with van der Waals surface area (Å²) in [4.78, 5) is 14.7. The van der Waals surface area contributed by atoms with Crippen LogP contribution < -0.4 is 10.2 Å². The summed E-state index contributed by atoms with van der Waals surface area (Å²) in [6, 6.07) is 9.81. The molecule has 1 atom stereocenters. The van der Waals surface area contributed by atoms with E-state index >= 15 is 0 Å². The molecule has 1 aromatic carbocycles. The molecule has 1 amide bonds. The number of hydrogen-bond acceptors (Lipinski definition) is 4. The first-order chi connectivity index (χ1) is 13.0. The monoisotopic (exact) mass is 364 g/mol. The lowest BCUT2D eigenvalue weighted by molar-refractivity contribution is -0.117. The van der Waals surface area contributed by atoms with Gasteiger partial charge in [0.25, 0.3) is 0 Å². The van der Waals surface area contributed by atoms with Gasteiger partial charge in [0.1, 0.15) is 6.04 Å². The van der Waals surface area contributed by atoms with Crippen LogP contribution in [0.1, 0.15) is 31.9 Å². The molecule has 7 heteroatoms. The molecule has 0 aliphatic carbocycles. The smallest absolute Gasteiger partial charge is 0.249 e. The van der Waals surface area contributed by atoms with Crippen molar-refractivity contribution in [3.63, 3.8) is 0 Å². The second-order valence-electron chi connectivity index (χ2n) is 7.19. The summed E-state index contributed by atoms with van der Waals surface area (Å²) in [7, 11) is 1.85. The number of carbonyl (C=O) groups is 1. The van der Waals surface area contributed by atoms with E-state index in [1.165, 1.54) is 0 Å². The predicted octanol–water partition coefficient (Wildman–Crippen LogP) is 2.95. The van der Waals surface area contributed by atoms with E-state index in [0.29, 0.717) is 6.54 Å². The molecule has 1 saturated heterocycles. The van der Waals surface area contributed by atoms with E-state index in [9.17, 15) is 4.79 Å². The molecule has 0 saturated carbocycles. The van der Waals surface area contributed by atoms with Crippen LogP contribution in [-0.4, -0.2) is 38.1 Å². The van der Waals surface area contributed by atoms with Crippen molar-refractivity contribution in [2.24, 2.45) is 7.05 Å². The molecule has 2 aromatic heterocycles. The van der Waals surface area contributed by atoms with Crippen LogP contribution in [0.2, 0.25) is 0 Å². The quantitative estimate of drug-likeness (QED) is 0.756. The first-order valence-corrected chi connectivity index (χ1v) is 9.24. The summed E-state index contributed by atoms with van der Waals surface area (Å²) < 4.78 is 3.66. The van der Waals surface area contributed by atoms with E-state index < -0.39 is 0 Å². The summed E-state index contributed by atoms with van der Waals surface area (Å²) in [5, 5.41) is 12.2. The number of rotatable bonds is 5. The maximum Gasteiger partial charge on any atom is 0.249 e. The molecule has 1 unspecified atom stereocenters. The van der Waals surface area contributed by atoms with Crippen LogP contribution in [0.25, 0.3) is 5.69 Å². The van der Waals surface area contributed by atoms with Crippen molar-refractivity contribution >= 4 is 17.3 Å². The molecule has 3 aromatic rings. The van der Waals surface area contributed by atoms with Crippen LogP contribution in [0.3, 0.4) is 0 Å². The number of anilines is 2. The van der Waals surface area contributed by atoms with E-state index in [4.69, 9.17) is 0 Å². The third kappa shape index (κ3) is 3.20. The molecular weight excluding hydrogens is 340 g/mol. The van der Waals surface area contributed by atoms with Crippen molar-refractivity contribution in [1.82, 2.24) is 19.6 Å². The molecule has 1 N–H and O–H groups in total. The van der Waals surface area contributed by atoms with Crippen LogP contribution in [0.4, 0.5) is 11.4 Å². The number of hydrogen-bond donors (Lipinski definition) is 1. The van der Waals surface area contributed by atoms with Crippen LogP contribution >= 0.6 is 0 Å². The molecule has 0 spiro atoms. The van der Waals surface area contributed by atoms with E-state index in [1.807, 2.05) is 54.5 Å². The van der Waals surface area contributed by atoms with Gasteiger partial charge in [0.15, 0.2) is 0 Å². The zero-order valence-electron chi connectivity index (χ0n) is 15.8. The third-order valence-corrected chi connectivity index (χ3v) is 4.89. The second-order valence-corrected chi connectivity index (χ2v) is 7.19. The van der Waals surface area contributed by atoms with Crippen molar-refractivity contribution in [1.29, 1.82) is 0 Å². The number of nitrogens with one attached hydrogen (secondary N) is 1. The summed E-state index contributed by atoms with van der Waals surface area (Å²) >= 11 is 0. The normalized spacial score (nSPS) is 17.1. The fourth-order valence-electron chi connectivity index (χ4n) is 3.61. The zero-order chi connectivity index (χ0) is 19.0. The highest BCUT2D eigenvalue weighted by Gasteiger charge is 2.34. The number of carbonyl (C=O) groups excluding carboxylic acids is 1. The average Bonchev–Trinajstić information content (AvgIpc) is 3.36. The van der Waals surface area contributed by atoms with Crippen LogP contribution in [0.5, 0.6) is 0 Å².